The van der Waals surface area contributed by atoms with Crippen molar-refractivity contribution in [2.45, 2.75) is 78.8 Å². The van der Waals surface area contributed by atoms with Gasteiger partial charge in [-0.3, -0.25) is 19.5 Å². The first-order valence-electron chi connectivity index (χ1n) is 12.2. The van der Waals surface area contributed by atoms with Crippen molar-refractivity contribution < 1.29 is 14.4 Å². The fraction of sp³-hybridized carbons (Fsp3) is 0.640. The molecule has 33 heavy (non-hydrogen) atoms. The van der Waals surface area contributed by atoms with Gasteiger partial charge in [-0.15, -0.1) is 0 Å². The minimum absolute atomic E-state index is 0.0358. The Bertz CT molecular complexity index is 917. The fourth-order valence-electron chi connectivity index (χ4n) is 5.40. The van der Waals surface area contributed by atoms with Crippen LogP contribution in [-0.4, -0.2) is 57.6 Å². The molecule has 2 aliphatic heterocycles. The number of nitrogens with zero attached hydrogens (tertiary/aromatic N) is 3. The van der Waals surface area contributed by atoms with Crippen LogP contribution in [0.25, 0.3) is 0 Å². The lowest BCUT2D eigenvalue weighted by Gasteiger charge is -2.51. The molecule has 4 atom stereocenters. The summed E-state index contributed by atoms with van der Waals surface area (Å²) in [6, 6.07) is 7.64. The summed E-state index contributed by atoms with van der Waals surface area (Å²) < 4.78 is 0. The quantitative estimate of drug-likeness (QED) is 0.691. The van der Waals surface area contributed by atoms with Crippen molar-refractivity contribution in [2.24, 2.45) is 17.8 Å². The van der Waals surface area contributed by atoms with Gasteiger partial charge < -0.3 is 10.2 Å². The zero-order chi connectivity index (χ0) is 23.9. The van der Waals surface area contributed by atoms with Gasteiger partial charge in [-0.25, -0.2) is 4.79 Å². The molecule has 1 aromatic rings. The maximum Gasteiger partial charge on any atom is 0.337 e. The molecule has 0 spiro atoms. The number of carbonyl (C=O) groups excluding carboxylic acids is 3. The van der Waals surface area contributed by atoms with Gasteiger partial charge in [0.05, 0.1) is 12.5 Å². The summed E-state index contributed by atoms with van der Waals surface area (Å²) in [7, 11) is 0. The number of aryl methyl sites for hydroxylation is 1. The van der Waals surface area contributed by atoms with Gasteiger partial charge in [0, 0.05) is 24.5 Å². The Kier molecular flexibility index (Phi) is 6.66. The average molecular weight is 456 g/mol. The van der Waals surface area contributed by atoms with E-state index in [4.69, 9.17) is 0 Å². The molecular formula is C25H37N5O3. The van der Waals surface area contributed by atoms with Crippen LogP contribution >= 0.6 is 0 Å². The average Bonchev–Trinajstić information content (AvgIpc) is 3.07. The number of amides is 4. The SMILES string of the molecule is Cc1cccc(CN2NC3N(C(C)C)C(=O)C4CCC(C(=O)NCC(C)C)CC4N3C2=O)c1. The second-order valence-electron chi connectivity index (χ2n) is 10.4. The van der Waals surface area contributed by atoms with E-state index in [9.17, 15) is 14.4 Å². The molecule has 8 nitrogen and oxygen atoms in total. The van der Waals surface area contributed by atoms with Crippen LogP contribution in [0.1, 0.15) is 58.1 Å². The number of rotatable bonds is 6. The van der Waals surface area contributed by atoms with Gasteiger partial charge in [0.2, 0.25) is 11.8 Å². The number of hydrogen-bond acceptors (Lipinski definition) is 4. The number of benzene rings is 1. The first-order chi connectivity index (χ1) is 15.7. The first kappa shape index (κ1) is 23.5. The van der Waals surface area contributed by atoms with Gasteiger partial charge in [0.1, 0.15) is 0 Å². The summed E-state index contributed by atoms with van der Waals surface area (Å²) in [5, 5.41) is 4.66. The number of urea groups is 1. The van der Waals surface area contributed by atoms with E-state index < -0.39 is 6.29 Å². The zero-order valence-electron chi connectivity index (χ0n) is 20.4. The molecular weight excluding hydrogens is 418 g/mol. The number of hydrazine groups is 1. The van der Waals surface area contributed by atoms with E-state index in [-0.39, 0.29) is 41.8 Å². The Hall–Kier alpha value is -2.61. The van der Waals surface area contributed by atoms with Gasteiger partial charge in [0.25, 0.3) is 0 Å². The predicted molar refractivity (Wildman–Crippen MR) is 125 cm³/mol. The van der Waals surface area contributed by atoms with Crippen LogP contribution in [0.3, 0.4) is 0 Å². The van der Waals surface area contributed by atoms with Crippen LogP contribution in [0, 0.1) is 24.7 Å². The molecule has 4 unspecified atom stereocenters. The molecule has 4 amide bonds. The van der Waals surface area contributed by atoms with E-state index >= 15 is 0 Å². The molecule has 1 aliphatic carbocycles. The normalized spacial score (nSPS) is 27.3. The fourth-order valence-corrected chi connectivity index (χ4v) is 5.40. The second-order valence-corrected chi connectivity index (χ2v) is 10.4. The van der Waals surface area contributed by atoms with Crippen molar-refractivity contribution in [1.82, 2.24) is 25.6 Å². The molecule has 2 saturated heterocycles. The van der Waals surface area contributed by atoms with E-state index in [1.807, 2.05) is 43.9 Å². The predicted octanol–water partition coefficient (Wildman–Crippen LogP) is 2.83. The third-order valence-electron chi connectivity index (χ3n) is 7.03. The van der Waals surface area contributed by atoms with Crippen molar-refractivity contribution in [3.05, 3.63) is 35.4 Å². The molecule has 0 bridgehead atoms. The number of nitrogens with one attached hydrogen (secondary N) is 2. The number of hydrogen-bond donors (Lipinski definition) is 2. The number of fused-ring (bicyclic) bond motifs is 3. The van der Waals surface area contributed by atoms with Crippen LogP contribution in [-0.2, 0) is 16.1 Å². The molecule has 180 valence electrons. The molecule has 4 rings (SSSR count). The van der Waals surface area contributed by atoms with Crippen molar-refractivity contribution in [1.29, 1.82) is 0 Å². The second kappa shape index (κ2) is 9.33. The summed E-state index contributed by atoms with van der Waals surface area (Å²) >= 11 is 0. The molecule has 3 aliphatic rings. The monoisotopic (exact) mass is 455 g/mol. The van der Waals surface area contributed by atoms with Gasteiger partial charge >= 0.3 is 6.03 Å². The first-order valence-corrected chi connectivity index (χ1v) is 12.2. The van der Waals surface area contributed by atoms with Crippen LogP contribution in [0.5, 0.6) is 0 Å². The smallest absolute Gasteiger partial charge is 0.337 e. The minimum atomic E-state index is -0.520. The summed E-state index contributed by atoms with van der Waals surface area (Å²) in [5.74, 6) is 0.0545. The van der Waals surface area contributed by atoms with E-state index in [0.717, 1.165) is 11.1 Å². The van der Waals surface area contributed by atoms with Crippen molar-refractivity contribution in [3.63, 3.8) is 0 Å². The zero-order valence-corrected chi connectivity index (χ0v) is 20.4. The van der Waals surface area contributed by atoms with Crippen molar-refractivity contribution in [2.75, 3.05) is 6.54 Å². The molecule has 2 heterocycles. The van der Waals surface area contributed by atoms with Gasteiger partial charge in [-0.2, -0.15) is 5.43 Å². The highest BCUT2D eigenvalue weighted by Gasteiger charge is 2.56. The van der Waals surface area contributed by atoms with Gasteiger partial charge in [-0.1, -0.05) is 43.7 Å². The Morgan fingerprint density at radius 1 is 1.18 bits per heavy atom. The Morgan fingerprint density at radius 3 is 2.61 bits per heavy atom. The molecule has 1 aromatic carbocycles. The van der Waals surface area contributed by atoms with Crippen LogP contribution in [0.2, 0.25) is 0 Å². The standard InChI is InChI=1S/C25H37N5O3/c1-15(2)13-26-22(31)19-9-10-20-21(12-19)30-24(29(16(3)4)23(20)32)27-28(25(30)33)14-18-8-6-7-17(5)11-18/h6-8,11,15-16,19-21,24,27H,9-10,12-14H2,1-5H3,(H,26,31). The Balaban J connectivity index is 1.57. The lowest BCUT2D eigenvalue weighted by atomic mass is 9.75. The lowest BCUT2D eigenvalue weighted by Crippen LogP contribution is -2.68. The molecule has 8 heteroatoms. The van der Waals surface area contributed by atoms with Crippen LogP contribution in [0.4, 0.5) is 4.79 Å². The van der Waals surface area contributed by atoms with E-state index in [2.05, 4.69) is 30.7 Å². The summed E-state index contributed by atoms with van der Waals surface area (Å²) in [6.45, 7) is 11.2. The topological polar surface area (TPSA) is 85.0 Å². The van der Waals surface area contributed by atoms with Crippen molar-refractivity contribution >= 4 is 17.8 Å². The van der Waals surface area contributed by atoms with Gasteiger partial charge in [0.15, 0.2) is 6.29 Å². The van der Waals surface area contributed by atoms with Crippen LogP contribution in [0.15, 0.2) is 24.3 Å². The summed E-state index contributed by atoms with van der Waals surface area (Å²) in [6.07, 6.45) is 1.30. The highest BCUT2D eigenvalue weighted by molar-refractivity contribution is 5.87. The van der Waals surface area contributed by atoms with E-state index in [1.54, 1.807) is 9.91 Å². The molecule has 0 aromatic heterocycles. The third kappa shape index (κ3) is 4.58. The molecule has 3 fully saturated rings. The lowest BCUT2D eigenvalue weighted by molar-refractivity contribution is -0.162. The maximum absolute atomic E-state index is 13.6. The Morgan fingerprint density at radius 2 is 1.94 bits per heavy atom. The third-order valence-corrected chi connectivity index (χ3v) is 7.03. The van der Waals surface area contributed by atoms with E-state index in [0.29, 0.717) is 38.3 Å². The highest BCUT2D eigenvalue weighted by atomic mass is 16.2. The Labute approximate surface area is 196 Å². The minimum Gasteiger partial charge on any atom is -0.356 e. The van der Waals surface area contributed by atoms with Crippen LogP contribution < -0.4 is 10.7 Å². The molecule has 0 radical (unpaired) electrons. The number of carbonyl (C=O) groups is 3. The van der Waals surface area contributed by atoms with E-state index in [1.165, 1.54) is 0 Å². The largest absolute Gasteiger partial charge is 0.356 e. The highest BCUT2D eigenvalue weighted by Crippen LogP contribution is 2.41. The molecule has 2 N–H and O–H groups in total. The summed E-state index contributed by atoms with van der Waals surface area (Å²) in [5.41, 5.74) is 5.47. The van der Waals surface area contributed by atoms with Gasteiger partial charge in [-0.05, 0) is 51.5 Å². The van der Waals surface area contributed by atoms with Crippen molar-refractivity contribution in [3.8, 4) is 0 Å². The molecule has 1 saturated carbocycles. The summed E-state index contributed by atoms with van der Waals surface area (Å²) in [4.78, 5) is 43.5. The maximum atomic E-state index is 13.6.